The van der Waals surface area contributed by atoms with E-state index in [2.05, 4.69) is 65.6 Å². The molecule has 0 N–H and O–H groups in total. The van der Waals surface area contributed by atoms with Crippen molar-refractivity contribution in [2.24, 2.45) is 0 Å². The van der Waals surface area contributed by atoms with Crippen molar-refractivity contribution in [1.82, 2.24) is 9.97 Å². The Balaban J connectivity index is 1.48. The standard InChI is InChI=1S/C26H16N2O/c1-2-6-17(7-3-1)18-10-12-19(13-11-18)20-14-15-24-21(16-20)25-26(29-24)28-23-9-5-4-8-22(23)27-25/h1-16H. The molecular weight excluding hydrogens is 356 g/mol. The van der Waals surface area contributed by atoms with E-state index in [9.17, 15) is 0 Å². The summed E-state index contributed by atoms with van der Waals surface area (Å²) in [7, 11) is 0. The Kier molecular flexibility index (Phi) is 3.47. The maximum Gasteiger partial charge on any atom is 0.246 e. The van der Waals surface area contributed by atoms with E-state index in [0.717, 1.165) is 38.6 Å². The molecule has 0 spiro atoms. The van der Waals surface area contributed by atoms with Crippen molar-refractivity contribution in [1.29, 1.82) is 0 Å². The molecule has 0 atom stereocenters. The summed E-state index contributed by atoms with van der Waals surface area (Å²) in [5.41, 5.74) is 8.64. The third-order valence-electron chi connectivity index (χ3n) is 5.31. The Morgan fingerprint density at radius 1 is 0.517 bits per heavy atom. The van der Waals surface area contributed by atoms with Gasteiger partial charge in [-0.25, -0.2) is 9.97 Å². The summed E-state index contributed by atoms with van der Waals surface area (Å²) in [6.07, 6.45) is 0. The van der Waals surface area contributed by atoms with Crippen molar-refractivity contribution >= 4 is 33.2 Å². The largest absolute Gasteiger partial charge is 0.436 e. The van der Waals surface area contributed by atoms with Crippen molar-refractivity contribution in [2.45, 2.75) is 0 Å². The van der Waals surface area contributed by atoms with Gasteiger partial charge in [-0.3, -0.25) is 0 Å². The normalized spacial score (nSPS) is 11.4. The molecule has 0 bridgehead atoms. The van der Waals surface area contributed by atoms with Crippen molar-refractivity contribution in [2.75, 3.05) is 0 Å². The highest BCUT2D eigenvalue weighted by Crippen LogP contribution is 2.32. The molecule has 2 aromatic heterocycles. The van der Waals surface area contributed by atoms with E-state index in [1.165, 1.54) is 11.1 Å². The van der Waals surface area contributed by atoms with Gasteiger partial charge < -0.3 is 4.42 Å². The maximum atomic E-state index is 5.95. The highest BCUT2D eigenvalue weighted by Gasteiger charge is 2.12. The molecule has 6 rings (SSSR count). The SMILES string of the molecule is c1ccc(-c2ccc(-c3ccc4oc5nc6ccccc6nc5c4c3)cc2)cc1. The van der Waals surface area contributed by atoms with Crippen molar-refractivity contribution in [3.05, 3.63) is 97.1 Å². The molecule has 3 heteroatoms. The second-order valence-electron chi connectivity index (χ2n) is 7.12. The zero-order valence-corrected chi connectivity index (χ0v) is 15.5. The Hall–Kier alpha value is -3.98. The van der Waals surface area contributed by atoms with Crippen LogP contribution in [-0.2, 0) is 0 Å². The molecule has 0 aliphatic carbocycles. The molecule has 136 valence electrons. The predicted molar refractivity (Wildman–Crippen MR) is 118 cm³/mol. The molecule has 0 aliphatic rings. The van der Waals surface area contributed by atoms with E-state index in [0.29, 0.717) is 5.71 Å². The second kappa shape index (κ2) is 6.28. The Morgan fingerprint density at radius 3 is 1.86 bits per heavy atom. The zero-order valence-electron chi connectivity index (χ0n) is 15.5. The minimum atomic E-state index is 0.579. The molecule has 0 saturated carbocycles. The number of hydrogen-bond donors (Lipinski definition) is 0. The van der Waals surface area contributed by atoms with Crippen LogP contribution in [0.5, 0.6) is 0 Å². The van der Waals surface area contributed by atoms with Crippen molar-refractivity contribution in [3.8, 4) is 22.3 Å². The molecule has 6 aromatic rings. The van der Waals surface area contributed by atoms with Gasteiger partial charge in [0.1, 0.15) is 11.1 Å². The van der Waals surface area contributed by atoms with Crippen LogP contribution in [-0.4, -0.2) is 9.97 Å². The quantitative estimate of drug-likeness (QED) is 0.333. The van der Waals surface area contributed by atoms with Crippen LogP contribution in [0.4, 0.5) is 0 Å². The average molecular weight is 372 g/mol. The van der Waals surface area contributed by atoms with Crippen molar-refractivity contribution < 1.29 is 4.42 Å². The zero-order chi connectivity index (χ0) is 19.2. The molecule has 0 aliphatic heterocycles. The van der Waals surface area contributed by atoms with Crippen LogP contribution in [0, 0.1) is 0 Å². The topological polar surface area (TPSA) is 38.9 Å². The van der Waals surface area contributed by atoms with Gasteiger partial charge in [0.05, 0.1) is 11.0 Å². The first kappa shape index (κ1) is 16.0. The molecule has 4 aromatic carbocycles. The maximum absolute atomic E-state index is 5.95. The van der Waals surface area contributed by atoms with E-state index < -0.39 is 0 Å². The van der Waals surface area contributed by atoms with Gasteiger partial charge in [0.2, 0.25) is 5.71 Å². The predicted octanol–water partition coefficient (Wildman–Crippen LogP) is 6.86. The second-order valence-corrected chi connectivity index (χ2v) is 7.12. The first-order valence-electron chi connectivity index (χ1n) is 9.60. The van der Waals surface area contributed by atoms with E-state index in [-0.39, 0.29) is 0 Å². The summed E-state index contributed by atoms with van der Waals surface area (Å²) in [6.45, 7) is 0. The summed E-state index contributed by atoms with van der Waals surface area (Å²) < 4.78 is 5.95. The average Bonchev–Trinajstić information content (AvgIpc) is 3.15. The minimum Gasteiger partial charge on any atom is -0.436 e. The number of fused-ring (bicyclic) bond motifs is 4. The number of aromatic nitrogens is 2. The molecular formula is C26H16N2O. The van der Waals surface area contributed by atoms with Crippen LogP contribution in [0.2, 0.25) is 0 Å². The van der Waals surface area contributed by atoms with Crippen molar-refractivity contribution in [3.63, 3.8) is 0 Å². The summed E-state index contributed by atoms with van der Waals surface area (Å²) >= 11 is 0. The first-order chi connectivity index (χ1) is 14.3. The fraction of sp³-hybridized carbons (Fsp3) is 0. The number of rotatable bonds is 2. The lowest BCUT2D eigenvalue weighted by atomic mass is 9.99. The van der Waals surface area contributed by atoms with E-state index in [4.69, 9.17) is 9.40 Å². The van der Waals surface area contributed by atoms with Gasteiger partial charge >= 0.3 is 0 Å². The summed E-state index contributed by atoms with van der Waals surface area (Å²) in [6, 6.07) is 33.2. The van der Waals surface area contributed by atoms with Crippen LogP contribution in [0.15, 0.2) is 101 Å². The Morgan fingerprint density at radius 2 is 1.10 bits per heavy atom. The van der Waals surface area contributed by atoms with Gasteiger partial charge in [-0.1, -0.05) is 72.8 Å². The van der Waals surface area contributed by atoms with E-state index in [1.54, 1.807) is 0 Å². The highest BCUT2D eigenvalue weighted by molar-refractivity contribution is 6.04. The molecule has 3 nitrogen and oxygen atoms in total. The fourth-order valence-electron chi connectivity index (χ4n) is 3.80. The molecule has 29 heavy (non-hydrogen) atoms. The van der Waals surface area contributed by atoms with Crippen LogP contribution < -0.4 is 0 Å². The molecule has 2 heterocycles. The van der Waals surface area contributed by atoms with Crippen LogP contribution in [0.25, 0.3) is 55.5 Å². The van der Waals surface area contributed by atoms with E-state index in [1.807, 2.05) is 36.4 Å². The summed E-state index contributed by atoms with van der Waals surface area (Å²) in [5, 5.41) is 0.989. The van der Waals surface area contributed by atoms with Gasteiger partial charge in [-0.05, 0) is 46.5 Å². The number of hydrogen-bond acceptors (Lipinski definition) is 3. The number of para-hydroxylation sites is 2. The van der Waals surface area contributed by atoms with Gasteiger partial charge in [0.25, 0.3) is 0 Å². The Labute approximate surface area is 167 Å². The molecule has 0 amide bonds. The van der Waals surface area contributed by atoms with Gasteiger partial charge in [0.15, 0.2) is 0 Å². The lowest BCUT2D eigenvalue weighted by Crippen LogP contribution is -1.84. The fourth-order valence-corrected chi connectivity index (χ4v) is 3.80. The summed E-state index contributed by atoms with van der Waals surface area (Å²) in [4.78, 5) is 9.43. The van der Waals surface area contributed by atoms with E-state index >= 15 is 0 Å². The molecule has 0 radical (unpaired) electrons. The third kappa shape index (κ3) is 2.67. The summed E-state index contributed by atoms with van der Waals surface area (Å²) in [5.74, 6) is 0. The number of benzene rings is 4. The number of nitrogens with zero attached hydrogens (tertiary/aromatic N) is 2. The van der Waals surface area contributed by atoms with Crippen LogP contribution in [0.3, 0.4) is 0 Å². The Bertz CT molecular complexity index is 1480. The smallest absolute Gasteiger partial charge is 0.246 e. The highest BCUT2D eigenvalue weighted by atomic mass is 16.3. The van der Waals surface area contributed by atoms with Gasteiger partial charge in [0, 0.05) is 5.39 Å². The van der Waals surface area contributed by atoms with Crippen LogP contribution >= 0.6 is 0 Å². The number of furan rings is 1. The molecule has 0 saturated heterocycles. The monoisotopic (exact) mass is 372 g/mol. The van der Waals surface area contributed by atoms with Gasteiger partial charge in [-0.2, -0.15) is 0 Å². The molecule has 0 fully saturated rings. The van der Waals surface area contributed by atoms with Crippen LogP contribution in [0.1, 0.15) is 0 Å². The minimum absolute atomic E-state index is 0.579. The third-order valence-corrected chi connectivity index (χ3v) is 5.31. The lowest BCUT2D eigenvalue weighted by molar-refractivity contribution is 0.655. The molecule has 0 unspecified atom stereocenters. The lowest BCUT2D eigenvalue weighted by Gasteiger charge is -2.05. The first-order valence-corrected chi connectivity index (χ1v) is 9.60. The van der Waals surface area contributed by atoms with Gasteiger partial charge in [-0.15, -0.1) is 0 Å².